The number of aliphatic imine (C=N–C) groups is 2. The number of carbonyl (C=O) groups excluding carboxylic acids is 1. The molecule has 4 rings (SSSR count). The molecule has 1 aliphatic rings. The molecule has 0 N–H and O–H groups in total. The van der Waals surface area contributed by atoms with Crippen LogP contribution in [0, 0.1) is 6.92 Å². The molecule has 9 nitrogen and oxygen atoms in total. The molecular weight excluding hydrogens is 444 g/mol. The average Bonchev–Trinajstić information content (AvgIpc) is 3.49. The van der Waals surface area contributed by atoms with Gasteiger partial charge in [0.1, 0.15) is 10.8 Å². The van der Waals surface area contributed by atoms with Crippen LogP contribution in [0.15, 0.2) is 50.9 Å². The van der Waals surface area contributed by atoms with E-state index >= 15 is 0 Å². The van der Waals surface area contributed by atoms with E-state index in [-0.39, 0.29) is 0 Å². The van der Waals surface area contributed by atoms with Gasteiger partial charge in [-0.1, -0.05) is 5.16 Å². The van der Waals surface area contributed by atoms with Crippen LogP contribution in [0.2, 0.25) is 0 Å². The van der Waals surface area contributed by atoms with Crippen LogP contribution < -0.4 is 9.47 Å². The van der Waals surface area contributed by atoms with Crippen molar-refractivity contribution in [1.29, 1.82) is 0 Å². The third kappa shape index (κ3) is 4.90. The van der Waals surface area contributed by atoms with Crippen LogP contribution in [0.25, 0.3) is 11.4 Å². The van der Waals surface area contributed by atoms with Crippen molar-refractivity contribution in [2.75, 3.05) is 27.1 Å². The minimum absolute atomic E-state index is 0.417. The fourth-order valence-electron chi connectivity index (χ4n) is 3.35. The minimum Gasteiger partial charge on any atom is -0.493 e. The molecular formula is C23H22N4O5S. The molecule has 0 saturated carbocycles. The molecule has 0 unspecified atom stereocenters. The molecule has 0 aliphatic carbocycles. The lowest BCUT2D eigenvalue weighted by Crippen LogP contribution is -2.15. The Kier molecular flexibility index (Phi) is 6.74. The van der Waals surface area contributed by atoms with E-state index in [0.29, 0.717) is 40.5 Å². The second kappa shape index (κ2) is 9.86. The highest BCUT2D eigenvalue weighted by molar-refractivity contribution is 8.15. The van der Waals surface area contributed by atoms with Gasteiger partial charge in [0, 0.05) is 30.0 Å². The first-order chi connectivity index (χ1) is 16.0. The Morgan fingerprint density at radius 3 is 2.61 bits per heavy atom. The van der Waals surface area contributed by atoms with E-state index in [1.165, 1.54) is 18.9 Å². The largest absolute Gasteiger partial charge is 0.493 e. The topological polar surface area (TPSA) is 108 Å². The van der Waals surface area contributed by atoms with E-state index in [0.717, 1.165) is 28.9 Å². The normalized spacial score (nSPS) is 13.5. The Hall–Kier alpha value is -3.66. The van der Waals surface area contributed by atoms with Gasteiger partial charge in [-0.25, -0.2) is 9.79 Å². The summed E-state index contributed by atoms with van der Waals surface area (Å²) >= 11 is 1.30. The first-order valence-electron chi connectivity index (χ1n) is 10.1. The van der Waals surface area contributed by atoms with Crippen molar-refractivity contribution in [3.63, 3.8) is 0 Å². The molecule has 1 aliphatic heterocycles. The van der Waals surface area contributed by atoms with Crippen molar-refractivity contribution < 1.29 is 23.5 Å². The Morgan fingerprint density at radius 1 is 1.18 bits per heavy atom. The molecule has 2 heterocycles. The number of aromatic nitrogens is 2. The number of ether oxygens (including phenoxy) is 3. The van der Waals surface area contributed by atoms with Gasteiger partial charge in [-0.3, -0.25) is 0 Å². The molecule has 1 amide bonds. The first-order valence-corrected chi connectivity index (χ1v) is 11.3. The zero-order valence-corrected chi connectivity index (χ0v) is 19.4. The number of thioether (sulfide) groups is 1. The smallest absolute Gasteiger partial charge is 0.434 e. The lowest BCUT2D eigenvalue weighted by molar-refractivity contribution is 0.183. The van der Waals surface area contributed by atoms with Crippen LogP contribution in [-0.4, -0.2) is 54.1 Å². The summed E-state index contributed by atoms with van der Waals surface area (Å²) in [6.07, 6.45) is 1.88. The number of fused-ring (bicyclic) bond motifs is 1. The first kappa shape index (κ1) is 22.5. The lowest BCUT2D eigenvalue weighted by atomic mass is 10.0. The molecule has 0 saturated heterocycles. The van der Waals surface area contributed by atoms with Crippen molar-refractivity contribution in [2.45, 2.75) is 13.3 Å². The van der Waals surface area contributed by atoms with E-state index < -0.39 is 6.09 Å². The van der Waals surface area contributed by atoms with Crippen LogP contribution >= 0.6 is 11.8 Å². The Labute approximate surface area is 194 Å². The van der Waals surface area contributed by atoms with Crippen LogP contribution in [0.3, 0.4) is 0 Å². The second-order valence-electron chi connectivity index (χ2n) is 7.00. The van der Waals surface area contributed by atoms with Gasteiger partial charge < -0.3 is 18.7 Å². The zero-order valence-electron chi connectivity index (χ0n) is 18.6. The van der Waals surface area contributed by atoms with Crippen molar-refractivity contribution in [3.05, 3.63) is 53.4 Å². The maximum Gasteiger partial charge on any atom is 0.434 e. The third-order valence-corrected chi connectivity index (χ3v) is 5.57. The SMILES string of the molecule is COC(=O)/N=C(SC)/C(=N\c1ccc(-c2noc(C)n2)cc1)c1cc2c(c(OC)c1)OCC2. The summed E-state index contributed by atoms with van der Waals surface area (Å²) in [6.45, 7) is 2.33. The van der Waals surface area contributed by atoms with Crippen LogP contribution in [0.4, 0.5) is 10.5 Å². The van der Waals surface area contributed by atoms with Gasteiger partial charge in [0.05, 0.1) is 26.5 Å². The number of hydrogen-bond acceptors (Lipinski definition) is 9. The van der Waals surface area contributed by atoms with E-state index in [2.05, 4.69) is 15.1 Å². The number of methoxy groups -OCH3 is 2. The second-order valence-corrected chi connectivity index (χ2v) is 7.80. The van der Waals surface area contributed by atoms with Crippen molar-refractivity contribution in [1.82, 2.24) is 10.1 Å². The molecule has 0 fully saturated rings. The Morgan fingerprint density at radius 2 is 1.97 bits per heavy atom. The van der Waals surface area contributed by atoms with Crippen LogP contribution in [0.1, 0.15) is 17.0 Å². The van der Waals surface area contributed by atoms with E-state index in [1.54, 1.807) is 14.0 Å². The summed E-state index contributed by atoms with van der Waals surface area (Å²) in [6, 6.07) is 11.2. The molecule has 1 aromatic heterocycles. The lowest BCUT2D eigenvalue weighted by Gasteiger charge is -2.13. The fourth-order valence-corrected chi connectivity index (χ4v) is 3.87. The van der Waals surface area contributed by atoms with Gasteiger partial charge >= 0.3 is 6.09 Å². The Balaban J connectivity index is 1.80. The van der Waals surface area contributed by atoms with Gasteiger partial charge in [-0.05, 0) is 42.7 Å². The highest BCUT2D eigenvalue weighted by Crippen LogP contribution is 2.37. The standard InChI is InChI=1S/C23H22N4O5S/c1-13-24-21(27-32-13)14-5-7-17(8-6-14)25-19(22(33-4)26-23(28)30-3)16-11-15-9-10-31-20(15)18(12-16)29-2/h5-8,11-12H,9-10H2,1-4H3/b25-19-,26-22-. The number of rotatable bonds is 5. The number of carbonyl (C=O) groups is 1. The molecule has 0 radical (unpaired) electrons. The van der Waals surface area contributed by atoms with Gasteiger partial charge in [0.2, 0.25) is 11.7 Å². The highest BCUT2D eigenvalue weighted by Gasteiger charge is 2.23. The maximum atomic E-state index is 11.9. The van der Waals surface area contributed by atoms with Crippen molar-refractivity contribution in [3.8, 4) is 22.9 Å². The fraction of sp³-hybridized carbons (Fsp3) is 0.261. The number of benzene rings is 2. The third-order valence-electron chi connectivity index (χ3n) is 4.90. The van der Waals surface area contributed by atoms with Crippen LogP contribution in [-0.2, 0) is 11.2 Å². The van der Waals surface area contributed by atoms with Crippen molar-refractivity contribution in [2.24, 2.45) is 9.98 Å². The zero-order chi connectivity index (χ0) is 23.4. The van der Waals surface area contributed by atoms with Gasteiger partial charge in [0.15, 0.2) is 11.5 Å². The number of nitrogens with zero attached hydrogens (tertiary/aromatic N) is 4. The predicted molar refractivity (Wildman–Crippen MR) is 126 cm³/mol. The molecule has 3 aromatic rings. The summed E-state index contributed by atoms with van der Waals surface area (Å²) < 4.78 is 21.0. The molecule has 0 atom stereocenters. The van der Waals surface area contributed by atoms with E-state index in [1.807, 2.05) is 42.7 Å². The summed E-state index contributed by atoms with van der Waals surface area (Å²) in [5, 5.41) is 4.36. The highest BCUT2D eigenvalue weighted by atomic mass is 32.2. The maximum absolute atomic E-state index is 11.9. The Bertz CT molecular complexity index is 1230. The van der Waals surface area contributed by atoms with E-state index in [9.17, 15) is 4.79 Å². The quantitative estimate of drug-likeness (QED) is 0.395. The summed E-state index contributed by atoms with van der Waals surface area (Å²) in [5.41, 5.74) is 3.75. The van der Waals surface area contributed by atoms with E-state index in [4.69, 9.17) is 23.7 Å². The molecule has 0 bridgehead atoms. The monoisotopic (exact) mass is 466 g/mol. The molecule has 2 aromatic carbocycles. The van der Waals surface area contributed by atoms with Crippen molar-refractivity contribution >= 4 is 34.3 Å². The summed E-state index contributed by atoms with van der Waals surface area (Å²) in [5.74, 6) is 2.33. The molecule has 33 heavy (non-hydrogen) atoms. The predicted octanol–water partition coefficient (Wildman–Crippen LogP) is 4.64. The summed E-state index contributed by atoms with van der Waals surface area (Å²) in [4.78, 5) is 25.1. The number of amides is 1. The van der Waals surface area contributed by atoms with Crippen LogP contribution in [0.5, 0.6) is 11.5 Å². The average molecular weight is 467 g/mol. The summed E-state index contributed by atoms with van der Waals surface area (Å²) in [7, 11) is 2.88. The molecule has 0 spiro atoms. The minimum atomic E-state index is -0.702. The van der Waals surface area contributed by atoms with Gasteiger partial charge in [-0.2, -0.15) is 9.98 Å². The van der Waals surface area contributed by atoms with Gasteiger partial charge in [0.25, 0.3) is 0 Å². The number of aryl methyl sites for hydroxylation is 1. The molecule has 10 heteroatoms. The van der Waals surface area contributed by atoms with Gasteiger partial charge in [-0.15, -0.1) is 11.8 Å². The molecule has 170 valence electrons. The number of hydrogen-bond donors (Lipinski definition) is 0.